The maximum atomic E-state index is 11.3. The van der Waals surface area contributed by atoms with Gasteiger partial charge in [-0.3, -0.25) is 4.98 Å². The van der Waals surface area contributed by atoms with E-state index in [1.165, 1.54) is 0 Å². The van der Waals surface area contributed by atoms with E-state index >= 15 is 0 Å². The summed E-state index contributed by atoms with van der Waals surface area (Å²) in [6.07, 6.45) is 2.77. The first-order valence-electron chi connectivity index (χ1n) is 5.32. The Balaban J connectivity index is 2.57. The van der Waals surface area contributed by atoms with Gasteiger partial charge >= 0.3 is 6.09 Å². The van der Waals surface area contributed by atoms with E-state index in [9.17, 15) is 4.79 Å². The van der Waals surface area contributed by atoms with Crippen molar-refractivity contribution in [2.24, 2.45) is 5.10 Å². The minimum Gasteiger partial charge on any atom is -0.443 e. The van der Waals surface area contributed by atoms with Crippen LogP contribution in [0.1, 0.15) is 33.3 Å². The molecule has 0 saturated heterocycles. The molecular formula is C12H17N3O2. The molecule has 0 aliphatic heterocycles. The predicted octanol–water partition coefficient (Wildman–Crippen LogP) is 2.33. The number of ether oxygens (including phenoxy) is 1. The number of nitrogens with zero attached hydrogens (tertiary/aromatic N) is 2. The van der Waals surface area contributed by atoms with E-state index in [2.05, 4.69) is 15.5 Å². The van der Waals surface area contributed by atoms with Gasteiger partial charge in [0.15, 0.2) is 0 Å². The summed E-state index contributed by atoms with van der Waals surface area (Å²) in [5, 5.41) is 3.94. The van der Waals surface area contributed by atoms with Crippen LogP contribution in [-0.4, -0.2) is 22.4 Å². The van der Waals surface area contributed by atoms with E-state index in [4.69, 9.17) is 4.74 Å². The molecule has 5 nitrogen and oxygen atoms in total. The minimum absolute atomic E-state index is 0.524. The van der Waals surface area contributed by atoms with Crippen LogP contribution < -0.4 is 5.43 Å². The molecule has 92 valence electrons. The van der Waals surface area contributed by atoms with Gasteiger partial charge in [0.2, 0.25) is 0 Å². The van der Waals surface area contributed by atoms with Crippen molar-refractivity contribution in [2.75, 3.05) is 0 Å². The molecule has 0 fully saturated rings. The molecule has 17 heavy (non-hydrogen) atoms. The van der Waals surface area contributed by atoms with E-state index < -0.39 is 11.7 Å². The van der Waals surface area contributed by atoms with Crippen LogP contribution in [0.4, 0.5) is 4.79 Å². The molecule has 0 unspecified atom stereocenters. The van der Waals surface area contributed by atoms with E-state index in [0.717, 1.165) is 5.56 Å². The average molecular weight is 235 g/mol. The lowest BCUT2D eigenvalue weighted by molar-refractivity contribution is 0.0529. The number of amides is 1. The van der Waals surface area contributed by atoms with E-state index in [-0.39, 0.29) is 0 Å². The molecule has 0 atom stereocenters. The van der Waals surface area contributed by atoms with E-state index in [1.54, 1.807) is 40.1 Å². The summed E-state index contributed by atoms with van der Waals surface area (Å²) >= 11 is 0. The maximum absolute atomic E-state index is 11.3. The number of nitrogens with one attached hydrogen (secondary N) is 1. The van der Waals surface area contributed by atoms with Gasteiger partial charge in [0.05, 0.1) is 5.71 Å². The molecule has 1 aromatic rings. The maximum Gasteiger partial charge on any atom is 0.428 e. The average Bonchev–Trinajstić information content (AvgIpc) is 2.25. The number of hydrogen-bond donors (Lipinski definition) is 1. The monoisotopic (exact) mass is 235 g/mol. The zero-order valence-corrected chi connectivity index (χ0v) is 10.5. The molecular weight excluding hydrogens is 218 g/mol. The number of aromatic nitrogens is 1. The van der Waals surface area contributed by atoms with Crippen molar-refractivity contribution in [2.45, 2.75) is 33.3 Å². The van der Waals surface area contributed by atoms with Gasteiger partial charge < -0.3 is 4.74 Å². The molecule has 1 rings (SSSR count). The molecule has 0 spiro atoms. The van der Waals surface area contributed by atoms with Crippen molar-refractivity contribution in [3.63, 3.8) is 0 Å². The van der Waals surface area contributed by atoms with Gasteiger partial charge in [0.1, 0.15) is 5.60 Å². The normalized spacial score (nSPS) is 12.1. The van der Waals surface area contributed by atoms with Gasteiger partial charge in [-0.15, -0.1) is 0 Å². The SMILES string of the molecule is C/C(=N\NC(=O)OC(C)(C)C)c1ccncc1. The number of carbonyl (C=O) groups is 1. The zero-order valence-electron chi connectivity index (χ0n) is 10.5. The van der Waals surface area contributed by atoms with Gasteiger partial charge in [0, 0.05) is 18.0 Å². The lowest BCUT2D eigenvalue weighted by Gasteiger charge is -2.18. The molecule has 0 saturated carbocycles. The van der Waals surface area contributed by atoms with Crippen molar-refractivity contribution < 1.29 is 9.53 Å². The van der Waals surface area contributed by atoms with Crippen LogP contribution in [0, 0.1) is 0 Å². The Morgan fingerprint density at radius 2 is 1.94 bits per heavy atom. The second-order valence-electron chi connectivity index (χ2n) is 4.55. The van der Waals surface area contributed by atoms with Gasteiger partial charge in [0.25, 0.3) is 0 Å². The smallest absolute Gasteiger partial charge is 0.428 e. The Morgan fingerprint density at radius 3 is 2.47 bits per heavy atom. The fraction of sp³-hybridized carbons (Fsp3) is 0.417. The Hall–Kier alpha value is -1.91. The molecule has 0 aromatic carbocycles. The summed E-state index contributed by atoms with van der Waals surface area (Å²) in [5.74, 6) is 0. The standard InChI is InChI=1S/C12H17N3O2/c1-9(10-5-7-13-8-6-10)14-15-11(16)17-12(2,3)4/h5-8H,1-4H3,(H,15,16)/b14-9+. The molecule has 1 N–H and O–H groups in total. The first-order valence-corrected chi connectivity index (χ1v) is 5.32. The summed E-state index contributed by atoms with van der Waals surface area (Å²) in [6, 6.07) is 3.63. The van der Waals surface area contributed by atoms with Crippen LogP contribution in [0.3, 0.4) is 0 Å². The van der Waals surface area contributed by atoms with Crippen LogP contribution >= 0.6 is 0 Å². The quantitative estimate of drug-likeness (QED) is 0.632. The Kier molecular flexibility index (Phi) is 4.20. The highest BCUT2D eigenvalue weighted by Crippen LogP contribution is 2.06. The number of carbonyl (C=O) groups excluding carboxylic acids is 1. The third-order valence-corrected chi connectivity index (χ3v) is 1.81. The molecule has 5 heteroatoms. The molecule has 0 radical (unpaired) electrons. The molecule has 1 aromatic heterocycles. The van der Waals surface area contributed by atoms with Crippen LogP contribution in [0.15, 0.2) is 29.6 Å². The fourth-order valence-electron chi connectivity index (χ4n) is 1.09. The zero-order chi connectivity index (χ0) is 12.9. The lowest BCUT2D eigenvalue weighted by atomic mass is 10.2. The lowest BCUT2D eigenvalue weighted by Crippen LogP contribution is -2.30. The van der Waals surface area contributed by atoms with Crippen molar-refractivity contribution in [3.05, 3.63) is 30.1 Å². The topological polar surface area (TPSA) is 63.6 Å². The molecule has 0 bridgehead atoms. The Labute approximate surface area is 101 Å². The third kappa shape index (κ3) is 5.10. The molecule has 0 aliphatic carbocycles. The van der Waals surface area contributed by atoms with Gasteiger partial charge in [-0.05, 0) is 39.8 Å². The molecule has 0 aliphatic rings. The van der Waals surface area contributed by atoms with E-state index in [1.807, 2.05) is 12.1 Å². The highest BCUT2D eigenvalue weighted by Gasteiger charge is 2.15. The summed E-state index contributed by atoms with van der Waals surface area (Å²) in [5.41, 5.74) is 3.41. The van der Waals surface area contributed by atoms with Crippen molar-refractivity contribution in [3.8, 4) is 0 Å². The third-order valence-electron chi connectivity index (χ3n) is 1.81. The summed E-state index contributed by atoms with van der Waals surface area (Å²) in [4.78, 5) is 15.2. The largest absolute Gasteiger partial charge is 0.443 e. The first kappa shape index (κ1) is 13.2. The number of pyridine rings is 1. The van der Waals surface area contributed by atoms with Crippen LogP contribution in [0.2, 0.25) is 0 Å². The number of hydrazone groups is 1. The van der Waals surface area contributed by atoms with Crippen LogP contribution in [0.25, 0.3) is 0 Å². The summed E-state index contributed by atoms with van der Waals surface area (Å²) in [7, 11) is 0. The summed E-state index contributed by atoms with van der Waals surface area (Å²) in [6.45, 7) is 7.19. The van der Waals surface area contributed by atoms with Gasteiger partial charge in [-0.1, -0.05) is 0 Å². The predicted molar refractivity (Wildman–Crippen MR) is 65.8 cm³/mol. The van der Waals surface area contributed by atoms with Gasteiger partial charge in [-0.25, -0.2) is 10.2 Å². The second-order valence-corrected chi connectivity index (χ2v) is 4.55. The fourth-order valence-corrected chi connectivity index (χ4v) is 1.09. The van der Waals surface area contributed by atoms with Crippen LogP contribution in [0.5, 0.6) is 0 Å². The summed E-state index contributed by atoms with van der Waals surface area (Å²) < 4.78 is 5.05. The number of hydrogen-bond acceptors (Lipinski definition) is 4. The number of rotatable bonds is 2. The first-order chi connectivity index (χ1) is 7.88. The minimum atomic E-state index is -0.564. The Morgan fingerprint density at radius 1 is 1.35 bits per heavy atom. The van der Waals surface area contributed by atoms with Crippen molar-refractivity contribution in [1.29, 1.82) is 0 Å². The van der Waals surface area contributed by atoms with Crippen molar-refractivity contribution in [1.82, 2.24) is 10.4 Å². The van der Waals surface area contributed by atoms with Crippen molar-refractivity contribution >= 4 is 11.8 Å². The molecule has 1 amide bonds. The second kappa shape index (κ2) is 5.43. The highest BCUT2D eigenvalue weighted by atomic mass is 16.6. The highest BCUT2D eigenvalue weighted by molar-refractivity contribution is 5.98. The van der Waals surface area contributed by atoms with E-state index in [0.29, 0.717) is 5.71 Å². The van der Waals surface area contributed by atoms with Gasteiger partial charge in [-0.2, -0.15) is 5.10 Å². The molecule has 1 heterocycles. The Bertz CT molecular complexity index is 408. The van der Waals surface area contributed by atoms with Crippen LogP contribution in [-0.2, 0) is 4.74 Å².